The maximum atomic E-state index is 13.7. The monoisotopic (exact) mass is 567 g/mol. The van der Waals surface area contributed by atoms with Gasteiger partial charge in [0.1, 0.15) is 11.9 Å². The summed E-state index contributed by atoms with van der Waals surface area (Å²) in [5.74, 6) is -2.30. The number of aromatic nitrogens is 1. The molecule has 1 amide bonds. The molecule has 0 fully saturated rings. The molecule has 8 N–H and O–H groups in total. The fraction of sp³-hybridized carbons (Fsp3) is 0.367. The first-order valence-corrected chi connectivity index (χ1v) is 13.5. The number of halogens is 1. The van der Waals surface area contributed by atoms with Gasteiger partial charge in [-0.05, 0) is 56.5 Å². The fourth-order valence-corrected chi connectivity index (χ4v) is 4.79. The van der Waals surface area contributed by atoms with Crippen LogP contribution in [0.5, 0.6) is 0 Å². The molecule has 2 aromatic carbocycles. The molecule has 41 heavy (non-hydrogen) atoms. The number of nitrogens with zero attached hydrogens (tertiary/aromatic N) is 2. The first-order valence-electron chi connectivity index (χ1n) is 13.5. The molecule has 0 saturated carbocycles. The third-order valence-corrected chi connectivity index (χ3v) is 6.59. The van der Waals surface area contributed by atoms with Crippen LogP contribution in [-0.2, 0) is 9.59 Å². The molecule has 3 atom stereocenters. The summed E-state index contributed by atoms with van der Waals surface area (Å²) < 4.78 is 15.8. The second-order valence-corrected chi connectivity index (χ2v) is 10.2. The Balaban J connectivity index is 1.72. The van der Waals surface area contributed by atoms with Gasteiger partial charge >= 0.3 is 5.97 Å². The van der Waals surface area contributed by atoms with Gasteiger partial charge in [-0.1, -0.05) is 36.4 Å². The molecule has 0 saturated heterocycles. The third kappa shape index (κ3) is 8.63. The quantitative estimate of drug-likeness (QED) is 0.0984. The number of guanidine groups is 1. The average Bonchev–Trinajstić information content (AvgIpc) is 3.23. The van der Waals surface area contributed by atoms with Gasteiger partial charge in [-0.25, -0.2) is 9.18 Å². The van der Waals surface area contributed by atoms with Crippen molar-refractivity contribution in [2.75, 3.05) is 6.54 Å². The van der Waals surface area contributed by atoms with Gasteiger partial charge in [-0.2, -0.15) is 0 Å². The summed E-state index contributed by atoms with van der Waals surface area (Å²) in [6, 6.07) is 13.0. The molecule has 0 aliphatic rings. The normalized spacial score (nSPS) is 13.8. The molecule has 3 rings (SSSR count). The number of amides is 1. The number of hydrogen-bond donors (Lipinski definition) is 6. The van der Waals surface area contributed by atoms with Crippen LogP contribution >= 0.6 is 0 Å². The molecule has 0 radical (unpaired) electrons. The van der Waals surface area contributed by atoms with Crippen molar-refractivity contribution in [2.45, 2.75) is 63.8 Å². The van der Waals surface area contributed by atoms with Crippen molar-refractivity contribution < 1.29 is 29.3 Å². The zero-order valence-electron chi connectivity index (χ0n) is 23.2. The number of para-hydroxylation sites is 1. The fourth-order valence-electron chi connectivity index (χ4n) is 4.79. The molecule has 1 heterocycles. The molecule has 3 aromatic rings. The zero-order valence-corrected chi connectivity index (χ0v) is 23.2. The Bertz CT molecular complexity index is 1400. The molecule has 0 bridgehead atoms. The van der Waals surface area contributed by atoms with Crippen LogP contribution < -0.4 is 16.8 Å². The van der Waals surface area contributed by atoms with Crippen molar-refractivity contribution in [1.82, 2.24) is 9.88 Å². The summed E-state index contributed by atoms with van der Waals surface area (Å²) in [5.41, 5.74) is 14.0. The number of nitrogens with one attached hydrogen (secondary N) is 1. The third-order valence-electron chi connectivity index (χ3n) is 6.59. The predicted octanol–water partition coefficient (Wildman–Crippen LogP) is 3.17. The van der Waals surface area contributed by atoms with E-state index in [2.05, 4.69) is 14.9 Å². The number of carboxylic acid groups (broad SMARTS) is 1. The van der Waals surface area contributed by atoms with Crippen LogP contribution in [0, 0.1) is 5.82 Å². The van der Waals surface area contributed by atoms with Gasteiger partial charge in [0, 0.05) is 41.2 Å². The maximum Gasteiger partial charge on any atom is 0.326 e. The molecule has 10 nitrogen and oxygen atoms in total. The number of benzene rings is 2. The first-order chi connectivity index (χ1) is 19.5. The number of aliphatic carboxylic acids is 1. The highest BCUT2D eigenvalue weighted by molar-refractivity contribution is 6.01. The minimum absolute atomic E-state index is 0.0711. The van der Waals surface area contributed by atoms with Crippen LogP contribution in [0.15, 0.2) is 59.6 Å². The van der Waals surface area contributed by atoms with E-state index >= 15 is 0 Å². The SMILES string of the molecule is CC(C)n1c(/C=C/[C@H](O)C[C@H](O)CC(=O)N[C@@H](CCCN=C(N)N)C(=O)O)c(-c2ccc(F)cc2)c2ccccc21. The summed E-state index contributed by atoms with van der Waals surface area (Å²) in [6.45, 7) is 4.31. The van der Waals surface area contributed by atoms with E-state index in [1.165, 1.54) is 12.1 Å². The van der Waals surface area contributed by atoms with E-state index in [0.29, 0.717) is 6.42 Å². The Hall–Kier alpha value is -4.22. The zero-order chi connectivity index (χ0) is 30.1. The van der Waals surface area contributed by atoms with Crippen molar-refractivity contribution in [2.24, 2.45) is 16.5 Å². The van der Waals surface area contributed by atoms with Gasteiger partial charge in [0.2, 0.25) is 5.91 Å². The number of aliphatic hydroxyl groups excluding tert-OH is 2. The second kappa shape index (κ2) is 14.4. The molecular weight excluding hydrogens is 529 g/mol. The number of nitrogens with two attached hydrogens (primary N) is 2. The molecule has 0 unspecified atom stereocenters. The van der Waals surface area contributed by atoms with Gasteiger partial charge in [0.25, 0.3) is 0 Å². The second-order valence-electron chi connectivity index (χ2n) is 10.2. The molecule has 0 aliphatic carbocycles. The Labute approximate surface area is 238 Å². The summed E-state index contributed by atoms with van der Waals surface area (Å²) in [6.07, 6.45) is 0.951. The minimum atomic E-state index is -1.21. The lowest BCUT2D eigenvalue weighted by molar-refractivity contribution is -0.142. The minimum Gasteiger partial charge on any atom is -0.480 e. The van der Waals surface area contributed by atoms with Crippen molar-refractivity contribution in [1.29, 1.82) is 0 Å². The highest BCUT2D eigenvalue weighted by Gasteiger charge is 2.23. The van der Waals surface area contributed by atoms with Crippen LogP contribution in [0.2, 0.25) is 0 Å². The number of aliphatic imine (C=N–C) groups is 1. The number of carboxylic acids is 1. The standard InChI is InChI=1S/C30H38FN5O5/c1-18(2)36-25-8-4-3-6-23(25)28(19-9-11-20(31)12-10-19)26(36)14-13-21(37)16-22(38)17-27(39)35-24(29(40)41)7-5-15-34-30(32)33/h3-4,6,8-14,18,21-22,24,37-38H,5,7,15-17H2,1-2H3,(H,35,39)(H,40,41)(H4,32,33,34)/b14-13+/t21-,22-,24-/m0/s1. The lowest BCUT2D eigenvalue weighted by Crippen LogP contribution is -2.42. The Morgan fingerprint density at radius 2 is 1.78 bits per heavy atom. The van der Waals surface area contributed by atoms with Crippen LogP contribution in [-0.4, -0.2) is 62.5 Å². The van der Waals surface area contributed by atoms with E-state index in [-0.39, 0.29) is 43.6 Å². The van der Waals surface area contributed by atoms with Gasteiger partial charge < -0.3 is 36.7 Å². The summed E-state index contributed by atoms with van der Waals surface area (Å²) >= 11 is 0. The van der Waals surface area contributed by atoms with Crippen LogP contribution in [0.25, 0.3) is 28.1 Å². The molecule has 220 valence electrons. The predicted molar refractivity (Wildman–Crippen MR) is 157 cm³/mol. The van der Waals surface area contributed by atoms with Gasteiger partial charge in [0.15, 0.2) is 5.96 Å². The molecule has 11 heteroatoms. The summed E-state index contributed by atoms with van der Waals surface area (Å²) in [4.78, 5) is 27.7. The first kappa shape index (κ1) is 31.3. The van der Waals surface area contributed by atoms with E-state index in [1.807, 2.05) is 38.1 Å². The Kier molecular flexibility index (Phi) is 11.0. The molecule has 0 spiro atoms. The van der Waals surface area contributed by atoms with E-state index in [0.717, 1.165) is 27.7 Å². The van der Waals surface area contributed by atoms with Crippen molar-refractivity contribution in [3.05, 3.63) is 66.1 Å². The van der Waals surface area contributed by atoms with E-state index in [1.54, 1.807) is 24.3 Å². The molecule has 0 aliphatic heterocycles. The largest absolute Gasteiger partial charge is 0.480 e. The molecule has 1 aromatic heterocycles. The smallest absolute Gasteiger partial charge is 0.326 e. The summed E-state index contributed by atoms with van der Waals surface area (Å²) in [5, 5.41) is 33.9. The van der Waals surface area contributed by atoms with Crippen LogP contribution in [0.1, 0.15) is 51.3 Å². The number of carbonyl (C=O) groups excluding carboxylic acids is 1. The van der Waals surface area contributed by atoms with E-state index < -0.39 is 30.1 Å². The number of aliphatic hydroxyl groups is 2. The van der Waals surface area contributed by atoms with Crippen LogP contribution in [0.3, 0.4) is 0 Å². The topological polar surface area (TPSA) is 176 Å². The van der Waals surface area contributed by atoms with Crippen LogP contribution in [0.4, 0.5) is 4.39 Å². The van der Waals surface area contributed by atoms with Crippen molar-refractivity contribution in [3.63, 3.8) is 0 Å². The molecular formula is C30H38FN5O5. The Morgan fingerprint density at radius 3 is 2.41 bits per heavy atom. The van der Waals surface area contributed by atoms with Gasteiger partial charge in [0.05, 0.1) is 18.6 Å². The van der Waals surface area contributed by atoms with E-state index in [9.17, 15) is 29.3 Å². The highest BCUT2D eigenvalue weighted by atomic mass is 19.1. The van der Waals surface area contributed by atoms with Crippen molar-refractivity contribution >= 4 is 34.8 Å². The lowest BCUT2D eigenvalue weighted by atomic mass is 10.0. The number of rotatable bonds is 14. The summed E-state index contributed by atoms with van der Waals surface area (Å²) in [7, 11) is 0. The number of carbonyl (C=O) groups is 2. The maximum absolute atomic E-state index is 13.7. The Morgan fingerprint density at radius 1 is 1.10 bits per heavy atom. The van der Waals surface area contributed by atoms with Crippen molar-refractivity contribution in [3.8, 4) is 11.1 Å². The van der Waals surface area contributed by atoms with Gasteiger partial charge in [-0.3, -0.25) is 9.79 Å². The van der Waals surface area contributed by atoms with E-state index in [4.69, 9.17) is 11.5 Å². The number of fused-ring (bicyclic) bond motifs is 1. The van der Waals surface area contributed by atoms with Gasteiger partial charge in [-0.15, -0.1) is 0 Å². The highest BCUT2D eigenvalue weighted by Crippen LogP contribution is 2.38. The number of hydrogen-bond acceptors (Lipinski definition) is 5. The average molecular weight is 568 g/mol. The lowest BCUT2D eigenvalue weighted by Gasteiger charge is -2.17.